The Hall–Kier alpha value is -5.21. The fraction of sp³-hybridized carbons (Fsp3) is 0.658. The number of esters is 8. The van der Waals surface area contributed by atoms with E-state index >= 15 is 0 Å². The summed E-state index contributed by atoms with van der Waals surface area (Å²) in [5.74, 6) is -11.8. The molecule has 1 spiro atoms. The fourth-order valence-corrected chi connectivity index (χ4v) is 9.29. The monoisotopic (exact) mass is 821 g/mol. The maximum Gasteiger partial charge on any atom is 0.340 e. The van der Waals surface area contributed by atoms with Crippen LogP contribution in [0.25, 0.3) is 0 Å². The molecule has 1 aromatic heterocycles. The van der Waals surface area contributed by atoms with E-state index in [1.54, 1.807) is 0 Å². The van der Waals surface area contributed by atoms with Gasteiger partial charge < -0.3 is 52.8 Å². The van der Waals surface area contributed by atoms with Crippen molar-refractivity contribution in [1.29, 1.82) is 0 Å². The predicted octanol–water partition coefficient (Wildman–Crippen LogP) is 0.148. The molecule has 0 amide bonds. The summed E-state index contributed by atoms with van der Waals surface area (Å²) in [7, 11) is 0. The Morgan fingerprint density at radius 1 is 0.776 bits per heavy atom. The summed E-state index contributed by atoms with van der Waals surface area (Å²) in [6, 6.07) is 1.35. The Balaban J connectivity index is 2.03. The van der Waals surface area contributed by atoms with Gasteiger partial charge in [0.15, 0.2) is 35.6 Å². The Labute approximate surface area is 332 Å². The Morgan fingerprint density at radius 2 is 1.29 bits per heavy atom. The van der Waals surface area contributed by atoms with Crippen LogP contribution in [0, 0.1) is 11.3 Å². The minimum atomic E-state index is -2.94. The van der Waals surface area contributed by atoms with E-state index in [2.05, 4.69) is 4.98 Å². The molecule has 1 saturated heterocycles. The van der Waals surface area contributed by atoms with Gasteiger partial charge in [-0.1, -0.05) is 6.92 Å². The van der Waals surface area contributed by atoms with Gasteiger partial charge in [0.2, 0.25) is 0 Å². The average Bonchev–Trinajstić information content (AvgIpc) is 3.32. The van der Waals surface area contributed by atoms with Crippen LogP contribution in [0.5, 0.6) is 0 Å². The lowest BCUT2D eigenvalue weighted by Crippen LogP contribution is -2.89. The molecule has 20 nitrogen and oxygen atoms in total. The summed E-state index contributed by atoms with van der Waals surface area (Å²) in [6.07, 6.45) is -10.1. The van der Waals surface area contributed by atoms with Gasteiger partial charge in [-0.3, -0.25) is 33.8 Å². The molecule has 4 aliphatic rings. The number of aromatic nitrogens is 1. The SMILES string of the molecule is CC(=O)OC[C@]12[C@H](OC(C)=O)[C@H](OC(C)=O)[C@@H]3[C@@H](OC(C)=O)[C@@]14O[C@@]3(C)COC(=O)c1cnccc1C(C)C(C)(O)C(=O)O[C@@H]([C@H](OC(C)=O)[C@@H]2OC(C)=O)[C@]4(C)O. The molecule has 20 heteroatoms. The number of cyclic esters (lactones) is 1. The standard InChI is InChI=1S/C38H47NO19/c1-16-23-11-12-39-13-24(23)32(46)51-14-34(8)25-26(52-18(3)41)30(55-21(6)44)37(15-50-17(2)40)31(56-22(7)45)27(53-19(4)42)29(57-33(47)35(16,9)48)36(10,49)38(37,58-34)28(25)54-20(5)43/h11-13,16,25-31,48-49H,14-15H2,1-10H3/t16?,25-,26-,27+,28-,29+,30-,31+,34+,35?,36+,37-,38+/m1/s1. The number of hydrogen-bond donors (Lipinski definition) is 2. The van der Waals surface area contributed by atoms with Crippen LogP contribution in [-0.2, 0) is 76.2 Å². The van der Waals surface area contributed by atoms with Crippen LogP contribution in [0.1, 0.15) is 91.1 Å². The van der Waals surface area contributed by atoms with Gasteiger partial charge >= 0.3 is 47.8 Å². The first kappa shape index (κ1) is 43.9. The third-order valence-corrected chi connectivity index (χ3v) is 11.6. The van der Waals surface area contributed by atoms with Gasteiger partial charge in [-0.05, 0) is 32.4 Å². The van der Waals surface area contributed by atoms with Gasteiger partial charge in [0.1, 0.15) is 42.0 Å². The summed E-state index contributed by atoms with van der Waals surface area (Å²) in [5.41, 5.74) is -13.3. The van der Waals surface area contributed by atoms with Crippen LogP contribution in [0.3, 0.4) is 0 Å². The van der Waals surface area contributed by atoms with Gasteiger partial charge in [-0.2, -0.15) is 0 Å². The normalized spacial score (nSPS) is 39.0. The van der Waals surface area contributed by atoms with E-state index in [4.69, 9.17) is 42.6 Å². The number of carbonyl (C=O) groups is 8. The van der Waals surface area contributed by atoms with E-state index in [-0.39, 0.29) is 11.1 Å². The first-order valence-corrected chi connectivity index (χ1v) is 18.3. The second-order valence-corrected chi connectivity index (χ2v) is 15.6. The summed E-state index contributed by atoms with van der Waals surface area (Å²) < 4.78 is 53.9. The van der Waals surface area contributed by atoms with E-state index in [1.807, 2.05) is 0 Å². The second kappa shape index (κ2) is 15.2. The zero-order chi connectivity index (χ0) is 43.5. The second-order valence-electron chi connectivity index (χ2n) is 15.6. The van der Waals surface area contributed by atoms with Crippen LogP contribution in [-0.4, -0.2) is 135 Å². The summed E-state index contributed by atoms with van der Waals surface area (Å²) in [5, 5.41) is 25.3. The van der Waals surface area contributed by atoms with Crippen molar-refractivity contribution in [3.63, 3.8) is 0 Å². The molecule has 2 aliphatic heterocycles. The molecule has 2 unspecified atom stereocenters. The molecule has 2 saturated carbocycles. The molecule has 2 aliphatic carbocycles. The Kier molecular flexibility index (Phi) is 11.5. The number of hydrogen-bond acceptors (Lipinski definition) is 20. The van der Waals surface area contributed by atoms with E-state index in [9.17, 15) is 48.6 Å². The van der Waals surface area contributed by atoms with Crippen LogP contribution < -0.4 is 0 Å². The molecular weight excluding hydrogens is 774 g/mol. The van der Waals surface area contributed by atoms with Crippen LogP contribution in [0.2, 0.25) is 0 Å². The average molecular weight is 822 g/mol. The number of pyridine rings is 1. The Bertz CT molecular complexity index is 1910. The number of fused-ring (bicyclic) bond motifs is 5. The molecule has 0 aromatic carbocycles. The van der Waals surface area contributed by atoms with Crippen molar-refractivity contribution in [3.05, 3.63) is 29.6 Å². The van der Waals surface area contributed by atoms with Crippen molar-refractivity contribution in [1.82, 2.24) is 4.98 Å². The lowest BCUT2D eigenvalue weighted by molar-refractivity contribution is -0.387. The molecule has 3 heterocycles. The third-order valence-electron chi connectivity index (χ3n) is 11.6. The molecule has 2 N–H and O–H groups in total. The summed E-state index contributed by atoms with van der Waals surface area (Å²) in [4.78, 5) is 111. The Morgan fingerprint density at radius 3 is 1.83 bits per heavy atom. The molecule has 4 bridgehead atoms. The number of ether oxygens (including phenoxy) is 9. The first-order valence-electron chi connectivity index (χ1n) is 18.3. The number of aliphatic hydroxyl groups is 2. The maximum absolute atomic E-state index is 14.4. The predicted molar refractivity (Wildman–Crippen MR) is 187 cm³/mol. The van der Waals surface area contributed by atoms with Gasteiger partial charge in [-0.25, -0.2) is 9.59 Å². The number of carbonyl (C=O) groups excluding carboxylic acids is 8. The van der Waals surface area contributed by atoms with Crippen molar-refractivity contribution in [2.24, 2.45) is 11.3 Å². The van der Waals surface area contributed by atoms with Crippen LogP contribution >= 0.6 is 0 Å². The summed E-state index contributed by atoms with van der Waals surface area (Å²) in [6.45, 7) is 8.63. The molecular formula is C38H47NO19. The molecule has 3 fully saturated rings. The number of rotatable bonds is 7. The zero-order valence-corrected chi connectivity index (χ0v) is 33.5. The number of nitrogens with zero attached hydrogens (tertiary/aromatic N) is 1. The van der Waals surface area contributed by atoms with Crippen molar-refractivity contribution >= 4 is 47.8 Å². The minimum absolute atomic E-state index is 0.0577. The van der Waals surface area contributed by atoms with Crippen molar-refractivity contribution in [2.75, 3.05) is 13.2 Å². The van der Waals surface area contributed by atoms with Gasteiger partial charge in [0.05, 0.1) is 11.5 Å². The highest BCUT2D eigenvalue weighted by atomic mass is 16.7. The van der Waals surface area contributed by atoms with E-state index in [0.717, 1.165) is 61.6 Å². The molecule has 318 valence electrons. The lowest BCUT2D eigenvalue weighted by Gasteiger charge is -2.67. The lowest BCUT2D eigenvalue weighted by atomic mass is 9.45. The quantitative estimate of drug-likeness (QED) is 0.274. The van der Waals surface area contributed by atoms with Crippen LogP contribution in [0.4, 0.5) is 0 Å². The fourth-order valence-electron chi connectivity index (χ4n) is 9.29. The topological polar surface area (TPSA) is 273 Å². The largest absolute Gasteiger partial charge is 0.465 e. The molecule has 0 radical (unpaired) electrons. The van der Waals surface area contributed by atoms with Gasteiger partial charge in [0.25, 0.3) is 0 Å². The third kappa shape index (κ3) is 6.83. The molecule has 13 atom stereocenters. The minimum Gasteiger partial charge on any atom is -0.465 e. The molecule has 1 aromatic rings. The van der Waals surface area contributed by atoms with E-state index < -0.39 is 137 Å². The first-order chi connectivity index (χ1) is 26.8. The van der Waals surface area contributed by atoms with Crippen molar-refractivity contribution < 1.29 is 91.2 Å². The van der Waals surface area contributed by atoms with Gasteiger partial charge in [0, 0.05) is 59.9 Å². The molecule has 58 heavy (non-hydrogen) atoms. The van der Waals surface area contributed by atoms with Crippen LogP contribution in [0.15, 0.2) is 18.5 Å². The maximum atomic E-state index is 14.4. The van der Waals surface area contributed by atoms with Crippen molar-refractivity contribution in [3.8, 4) is 0 Å². The van der Waals surface area contributed by atoms with E-state index in [0.29, 0.717) is 0 Å². The highest BCUT2D eigenvalue weighted by molar-refractivity contribution is 5.92. The highest BCUT2D eigenvalue weighted by Crippen LogP contribution is 2.70. The van der Waals surface area contributed by atoms with E-state index in [1.165, 1.54) is 26.1 Å². The highest BCUT2D eigenvalue weighted by Gasteiger charge is 2.92. The molecule has 5 rings (SSSR count). The zero-order valence-electron chi connectivity index (χ0n) is 33.5. The van der Waals surface area contributed by atoms with Crippen molar-refractivity contribution in [2.45, 2.75) is 134 Å². The smallest absolute Gasteiger partial charge is 0.340 e. The van der Waals surface area contributed by atoms with Gasteiger partial charge in [-0.15, -0.1) is 0 Å². The summed E-state index contributed by atoms with van der Waals surface area (Å²) >= 11 is 0.